The van der Waals surface area contributed by atoms with E-state index in [2.05, 4.69) is 17.6 Å². The van der Waals surface area contributed by atoms with Crippen LogP contribution < -0.4 is 10.6 Å². The molecule has 2 N–H and O–H groups in total. The van der Waals surface area contributed by atoms with Gasteiger partial charge in [0.05, 0.1) is 12.0 Å². The van der Waals surface area contributed by atoms with Gasteiger partial charge in [-0.05, 0) is 37.1 Å². The van der Waals surface area contributed by atoms with E-state index in [1.54, 1.807) is 7.11 Å². The Morgan fingerprint density at radius 1 is 1.53 bits per heavy atom. The number of hydrogen-bond acceptors (Lipinski definition) is 3. The van der Waals surface area contributed by atoms with E-state index in [4.69, 9.17) is 4.74 Å². The van der Waals surface area contributed by atoms with Gasteiger partial charge >= 0.3 is 0 Å². The molecule has 1 atom stereocenters. The summed E-state index contributed by atoms with van der Waals surface area (Å²) in [4.78, 5) is 12.5. The maximum absolute atomic E-state index is 12.5. The van der Waals surface area contributed by atoms with Gasteiger partial charge in [-0.25, -0.2) is 0 Å². The van der Waals surface area contributed by atoms with Gasteiger partial charge in [0.1, 0.15) is 0 Å². The molecule has 0 aliphatic carbocycles. The van der Waals surface area contributed by atoms with Crippen molar-refractivity contribution >= 4 is 11.6 Å². The summed E-state index contributed by atoms with van der Waals surface area (Å²) in [7, 11) is 1.67. The van der Waals surface area contributed by atoms with Gasteiger partial charge in [0.2, 0.25) is 5.91 Å². The standard InChI is InChI=1S/C15H22N2O2/c1-3-15(7-8-16-11-15)14(18)17-13-6-4-5-12(9-13)10-19-2/h4-6,9,16H,3,7-8,10-11H2,1-2H3,(H,17,18). The van der Waals surface area contributed by atoms with E-state index in [1.165, 1.54) is 0 Å². The first-order valence-electron chi connectivity index (χ1n) is 6.80. The minimum atomic E-state index is -0.253. The molecular weight excluding hydrogens is 240 g/mol. The minimum Gasteiger partial charge on any atom is -0.380 e. The number of benzene rings is 1. The highest BCUT2D eigenvalue weighted by molar-refractivity contribution is 5.95. The molecule has 1 fully saturated rings. The number of methoxy groups -OCH3 is 1. The van der Waals surface area contributed by atoms with Gasteiger partial charge < -0.3 is 15.4 Å². The molecule has 1 aromatic rings. The summed E-state index contributed by atoms with van der Waals surface area (Å²) in [5, 5.41) is 6.32. The maximum atomic E-state index is 12.5. The molecule has 1 saturated heterocycles. The van der Waals surface area contributed by atoms with Crippen LogP contribution in [0.4, 0.5) is 5.69 Å². The monoisotopic (exact) mass is 262 g/mol. The fourth-order valence-corrected chi connectivity index (χ4v) is 2.57. The van der Waals surface area contributed by atoms with Crippen LogP contribution in [0.3, 0.4) is 0 Å². The lowest BCUT2D eigenvalue weighted by Gasteiger charge is -2.25. The number of amides is 1. The van der Waals surface area contributed by atoms with Gasteiger partial charge in [0, 0.05) is 19.3 Å². The number of rotatable bonds is 5. The first kappa shape index (κ1) is 14.0. The van der Waals surface area contributed by atoms with E-state index in [-0.39, 0.29) is 11.3 Å². The summed E-state index contributed by atoms with van der Waals surface area (Å²) >= 11 is 0. The van der Waals surface area contributed by atoms with Gasteiger partial charge in [-0.2, -0.15) is 0 Å². The topological polar surface area (TPSA) is 50.4 Å². The van der Waals surface area contributed by atoms with Crippen molar-refractivity contribution in [3.8, 4) is 0 Å². The fourth-order valence-electron chi connectivity index (χ4n) is 2.57. The van der Waals surface area contributed by atoms with Crippen LogP contribution in [0.15, 0.2) is 24.3 Å². The normalized spacial score (nSPS) is 22.4. The van der Waals surface area contributed by atoms with Gasteiger partial charge in [-0.1, -0.05) is 19.1 Å². The molecule has 1 aliphatic heterocycles. The van der Waals surface area contributed by atoms with Crippen LogP contribution >= 0.6 is 0 Å². The highest BCUT2D eigenvalue weighted by Gasteiger charge is 2.39. The number of carbonyl (C=O) groups is 1. The molecule has 0 bridgehead atoms. The summed E-state index contributed by atoms with van der Waals surface area (Å²) in [6, 6.07) is 7.82. The van der Waals surface area contributed by atoms with E-state index in [1.807, 2.05) is 24.3 Å². The van der Waals surface area contributed by atoms with Crippen molar-refractivity contribution in [2.24, 2.45) is 5.41 Å². The number of carbonyl (C=O) groups excluding carboxylic acids is 1. The van der Waals surface area contributed by atoms with Crippen LogP contribution in [0.2, 0.25) is 0 Å². The molecule has 1 amide bonds. The van der Waals surface area contributed by atoms with Gasteiger partial charge in [-0.3, -0.25) is 4.79 Å². The summed E-state index contributed by atoms with van der Waals surface area (Å²) in [5.74, 6) is 0.120. The Labute approximate surface area is 114 Å². The molecule has 0 saturated carbocycles. The SMILES string of the molecule is CCC1(C(=O)Nc2cccc(COC)c2)CCNC1. The van der Waals surface area contributed by atoms with E-state index in [0.29, 0.717) is 6.61 Å². The van der Waals surface area contributed by atoms with Crippen molar-refractivity contribution in [1.82, 2.24) is 5.32 Å². The summed E-state index contributed by atoms with van der Waals surface area (Å²) in [6.45, 7) is 4.33. The van der Waals surface area contributed by atoms with Crippen LogP contribution in [0.25, 0.3) is 0 Å². The van der Waals surface area contributed by atoms with Crippen LogP contribution in [0.5, 0.6) is 0 Å². The van der Waals surface area contributed by atoms with E-state index in [9.17, 15) is 4.79 Å². The zero-order valence-electron chi connectivity index (χ0n) is 11.7. The molecule has 0 radical (unpaired) electrons. The second kappa shape index (κ2) is 6.17. The van der Waals surface area contributed by atoms with Crippen molar-refractivity contribution in [2.75, 3.05) is 25.5 Å². The number of nitrogens with one attached hydrogen (secondary N) is 2. The average Bonchev–Trinajstić information content (AvgIpc) is 2.89. The Balaban J connectivity index is 2.07. The Kier molecular flexibility index (Phi) is 4.56. The number of hydrogen-bond donors (Lipinski definition) is 2. The second-order valence-electron chi connectivity index (χ2n) is 5.15. The predicted octanol–water partition coefficient (Wildman–Crippen LogP) is 2.16. The smallest absolute Gasteiger partial charge is 0.231 e. The Hall–Kier alpha value is -1.39. The maximum Gasteiger partial charge on any atom is 0.231 e. The van der Waals surface area contributed by atoms with Crippen LogP contribution in [-0.4, -0.2) is 26.1 Å². The molecule has 0 aromatic heterocycles. The summed E-state index contributed by atoms with van der Waals surface area (Å²) in [5.41, 5.74) is 1.66. The van der Waals surface area contributed by atoms with Crippen molar-refractivity contribution in [3.63, 3.8) is 0 Å². The van der Waals surface area contributed by atoms with Crippen molar-refractivity contribution in [1.29, 1.82) is 0 Å². The molecule has 1 aliphatic rings. The van der Waals surface area contributed by atoms with Crippen molar-refractivity contribution < 1.29 is 9.53 Å². The first-order valence-corrected chi connectivity index (χ1v) is 6.80. The van der Waals surface area contributed by atoms with E-state index in [0.717, 1.165) is 37.2 Å². The molecule has 4 nitrogen and oxygen atoms in total. The van der Waals surface area contributed by atoms with E-state index < -0.39 is 0 Å². The summed E-state index contributed by atoms with van der Waals surface area (Å²) in [6.07, 6.45) is 1.77. The molecule has 1 unspecified atom stereocenters. The Morgan fingerprint density at radius 2 is 2.37 bits per heavy atom. The molecule has 1 aromatic carbocycles. The molecule has 1 heterocycles. The van der Waals surface area contributed by atoms with Crippen molar-refractivity contribution in [2.45, 2.75) is 26.4 Å². The third-order valence-corrected chi connectivity index (χ3v) is 3.90. The molecule has 104 valence electrons. The minimum absolute atomic E-state index is 0.120. The lowest BCUT2D eigenvalue weighted by atomic mass is 9.83. The Morgan fingerprint density at radius 3 is 3.00 bits per heavy atom. The van der Waals surface area contributed by atoms with Gasteiger partial charge in [0.25, 0.3) is 0 Å². The zero-order valence-corrected chi connectivity index (χ0v) is 11.7. The second-order valence-corrected chi connectivity index (χ2v) is 5.15. The van der Waals surface area contributed by atoms with Crippen LogP contribution in [0.1, 0.15) is 25.3 Å². The molecule has 0 spiro atoms. The molecule has 4 heteroatoms. The van der Waals surface area contributed by atoms with Crippen molar-refractivity contribution in [3.05, 3.63) is 29.8 Å². The zero-order chi connectivity index (χ0) is 13.7. The first-order chi connectivity index (χ1) is 9.20. The van der Waals surface area contributed by atoms with E-state index >= 15 is 0 Å². The Bertz CT molecular complexity index is 440. The fraction of sp³-hybridized carbons (Fsp3) is 0.533. The summed E-state index contributed by atoms with van der Waals surface area (Å²) < 4.78 is 5.11. The lowest BCUT2D eigenvalue weighted by Crippen LogP contribution is -2.37. The van der Waals surface area contributed by atoms with Crippen LogP contribution in [-0.2, 0) is 16.1 Å². The number of ether oxygens (including phenoxy) is 1. The quantitative estimate of drug-likeness (QED) is 0.855. The highest BCUT2D eigenvalue weighted by Crippen LogP contribution is 2.31. The van der Waals surface area contributed by atoms with Gasteiger partial charge in [-0.15, -0.1) is 0 Å². The average molecular weight is 262 g/mol. The third-order valence-electron chi connectivity index (χ3n) is 3.90. The molecule has 2 rings (SSSR count). The lowest BCUT2D eigenvalue weighted by molar-refractivity contribution is -0.124. The molecule has 19 heavy (non-hydrogen) atoms. The number of anilines is 1. The molecular formula is C15H22N2O2. The van der Waals surface area contributed by atoms with Crippen LogP contribution in [0, 0.1) is 5.41 Å². The highest BCUT2D eigenvalue weighted by atomic mass is 16.5. The largest absolute Gasteiger partial charge is 0.380 e. The van der Waals surface area contributed by atoms with Gasteiger partial charge in [0.15, 0.2) is 0 Å². The third kappa shape index (κ3) is 3.14. The predicted molar refractivity (Wildman–Crippen MR) is 76.0 cm³/mol.